The van der Waals surface area contributed by atoms with Crippen molar-refractivity contribution in [2.24, 2.45) is 0 Å². The Morgan fingerprint density at radius 1 is 1.25 bits per heavy atom. The molecular formula is C9H7NO2. The second-order valence-corrected chi connectivity index (χ2v) is 2.59. The van der Waals surface area contributed by atoms with E-state index in [1.165, 1.54) is 6.07 Å². The Bertz CT molecular complexity index is 473. The highest BCUT2D eigenvalue weighted by molar-refractivity contribution is 5.71. The third-order valence-electron chi connectivity index (χ3n) is 1.61. The van der Waals surface area contributed by atoms with Gasteiger partial charge in [0.15, 0.2) is 5.58 Å². The Morgan fingerprint density at radius 3 is 2.92 bits per heavy atom. The number of rotatable bonds is 0. The van der Waals surface area contributed by atoms with Gasteiger partial charge in [0, 0.05) is 11.8 Å². The van der Waals surface area contributed by atoms with Crippen LogP contribution in [-0.2, 0) is 0 Å². The number of hydrogen-bond acceptors (Lipinski definition) is 3. The van der Waals surface area contributed by atoms with Crippen LogP contribution in [0.3, 0.4) is 0 Å². The minimum absolute atomic E-state index is 0.340. The Kier molecular flexibility index (Phi) is 1.43. The summed E-state index contributed by atoms with van der Waals surface area (Å²) in [5, 5.41) is 0. The van der Waals surface area contributed by atoms with Gasteiger partial charge in [-0.15, -0.1) is 0 Å². The highest BCUT2D eigenvalue weighted by Gasteiger charge is 1.96. The number of aromatic nitrogens is 1. The molecule has 0 aliphatic carbocycles. The van der Waals surface area contributed by atoms with Gasteiger partial charge in [0.05, 0.1) is 0 Å². The fourth-order valence-electron chi connectivity index (χ4n) is 1.06. The lowest BCUT2D eigenvalue weighted by molar-refractivity contribution is 0.559. The molecule has 2 heterocycles. The maximum absolute atomic E-state index is 10.8. The maximum Gasteiger partial charge on any atom is 0.336 e. The Labute approximate surface area is 68.7 Å². The van der Waals surface area contributed by atoms with Crippen molar-refractivity contribution < 1.29 is 4.42 Å². The molecule has 0 saturated heterocycles. The normalized spacial score (nSPS) is 10.4. The van der Waals surface area contributed by atoms with Gasteiger partial charge in [-0.2, -0.15) is 0 Å². The van der Waals surface area contributed by atoms with Crippen LogP contribution in [0.1, 0.15) is 5.69 Å². The van der Waals surface area contributed by atoms with Crippen molar-refractivity contribution in [2.75, 3.05) is 0 Å². The molecule has 0 amide bonds. The third kappa shape index (κ3) is 1.09. The summed E-state index contributed by atoms with van der Waals surface area (Å²) in [6.45, 7) is 1.89. The van der Waals surface area contributed by atoms with Gasteiger partial charge < -0.3 is 4.42 Å². The van der Waals surface area contributed by atoms with Crippen molar-refractivity contribution >= 4 is 11.1 Å². The molecule has 0 aliphatic rings. The number of aryl methyl sites for hydroxylation is 1. The second kappa shape index (κ2) is 2.44. The first-order valence-corrected chi connectivity index (χ1v) is 3.63. The van der Waals surface area contributed by atoms with E-state index in [0.717, 1.165) is 11.2 Å². The maximum atomic E-state index is 10.8. The molecule has 3 nitrogen and oxygen atoms in total. The fraction of sp³-hybridized carbons (Fsp3) is 0.111. The van der Waals surface area contributed by atoms with Crippen LogP contribution in [0, 0.1) is 6.92 Å². The molecule has 0 aliphatic heterocycles. The van der Waals surface area contributed by atoms with E-state index in [9.17, 15) is 4.79 Å². The quantitative estimate of drug-likeness (QED) is 0.588. The van der Waals surface area contributed by atoms with Crippen molar-refractivity contribution in [1.29, 1.82) is 0 Å². The fourth-order valence-corrected chi connectivity index (χ4v) is 1.06. The van der Waals surface area contributed by atoms with Crippen LogP contribution in [-0.4, -0.2) is 4.98 Å². The Balaban J connectivity index is 2.87. The molecule has 0 N–H and O–H groups in total. The predicted molar refractivity (Wildman–Crippen MR) is 45.0 cm³/mol. The lowest BCUT2D eigenvalue weighted by Crippen LogP contribution is -1.95. The van der Waals surface area contributed by atoms with E-state index in [-0.39, 0.29) is 5.63 Å². The zero-order chi connectivity index (χ0) is 8.55. The van der Waals surface area contributed by atoms with Gasteiger partial charge in [-0.05, 0) is 25.1 Å². The average Bonchev–Trinajstić information content (AvgIpc) is 2.05. The summed E-state index contributed by atoms with van der Waals surface area (Å²) in [7, 11) is 0. The molecule has 2 rings (SSSR count). The number of fused-ring (bicyclic) bond motifs is 1. The van der Waals surface area contributed by atoms with Crippen LogP contribution >= 0.6 is 0 Å². The van der Waals surface area contributed by atoms with Crippen LogP contribution in [0.25, 0.3) is 11.1 Å². The van der Waals surface area contributed by atoms with Crippen LogP contribution in [0.2, 0.25) is 0 Å². The lowest BCUT2D eigenvalue weighted by Gasteiger charge is -1.94. The summed E-state index contributed by atoms with van der Waals surface area (Å²) in [4.78, 5) is 15.0. The van der Waals surface area contributed by atoms with Crippen LogP contribution in [0.5, 0.6) is 0 Å². The minimum atomic E-state index is -0.340. The van der Waals surface area contributed by atoms with E-state index in [1.54, 1.807) is 12.1 Å². The molecule has 0 unspecified atom stereocenters. The molecule has 60 valence electrons. The van der Waals surface area contributed by atoms with Gasteiger partial charge in [0.2, 0.25) is 0 Å². The van der Waals surface area contributed by atoms with E-state index in [1.807, 2.05) is 13.0 Å². The third-order valence-corrected chi connectivity index (χ3v) is 1.61. The molecule has 0 atom stereocenters. The van der Waals surface area contributed by atoms with E-state index in [4.69, 9.17) is 4.42 Å². The summed E-state index contributed by atoms with van der Waals surface area (Å²) in [6, 6.07) is 6.59. The van der Waals surface area contributed by atoms with Gasteiger partial charge in [0.1, 0.15) is 5.52 Å². The predicted octanol–water partition coefficient (Wildman–Crippen LogP) is 1.50. The number of pyridine rings is 1. The highest BCUT2D eigenvalue weighted by atomic mass is 16.4. The molecule has 2 aromatic heterocycles. The smallest absolute Gasteiger partial charge is 0.336 e. The zero-order valence-corrected chi connectivity index (χ0v) is 6.57. The first-order valence-electron chi connectivity index (χ1n) is 3.63. The Hall–Kier alpha value is -1.64. The van der Waals surface area contributed by atoms with Crippen molar-refractivity contribution in [3.63, 3.8) is 0 Å². The van der Waals surface area contributed by atoms with Crippen LogP contribution < -0.4 is 5.63 Å². The molecule has 0 fully saturated rings. The molecule has 0 saturated carbocycles. The molecule has 0 radical (unpaired) electrons. The summed E-state index contributed by atoms with van der Waals surface area (Å²) < 4.78 is 4.90. The van der Waals surface area contributed by atoms with Gasteiger partial charge in [0.25, 0.3) is 0 Å². The number of hydrogen-bond donors (Lipinski definition) is 0. The van der Waals surface area contributed by atoms with Gasteiger partial charge in [-0.3, -0.25) is 0 Å². The van der Waals surface area contributed by atoms with Crippen molar-refractivity contribution in [3.05, 3.63) is 40.4 Å². The second-order valence-electron chi connectivity index (χ2n) is 2.59. The topological polar surface area (TPSA) is 43.1 Å². The van der Waals surface area contributed by atoms with Gasteiger partial charge >= 0.3 is 5.63 Å². The monoisotopic (exact) mass is 161 g/mol. The van der Waals surface area contributed by atoms with Crippen molar-refractivity contribution in [2.45, 2.75) is 6.92 Å². The summed E-state index contributed by atoms with van der Waals surface area (Å²) >= 11 is 0. The van der Waals surface area contributed by atoms with E-state index >= 15 is 0 Å². The largest absolute Gasteiger partial charge is 0.421 e. The van der Waals surface area contributed by atoms with Crippen molar-refractivity contribution in [3.8, 4) is 0 Å². The highest BCUT2D eigenvalue weighted by Crippen LogP contribution is 2.08. The minimum Gasteiger partial charge on any atom is -0.421 e. The number of nitrogens with zero attached hydrogens (tertiary/aromatic N) is 1. The standard InChI is InChI=1S/C9H7NO2/c1-6-2-4-8-7(10-6)3-5-9(11)12-8/h2-5H,1H3. The first-order chi connectivity index (χ1) is 5.75. The molecule has 3 heteroatoms. The van der Waals surface area contributed by atoms with E-state index in [2.05, 4.69) is 4.98 Å². The molecule has 2 aromatic rings. The molecule has 0 aromatic carbocycles. The summed E-state index contributed by atoms with van der Waals surface area (Å²) in [5.41, 5.74) is 1.83. The molecule has 0 bridgehead atoms. The van der Waals surface area contributed by atoms with Crippen LogP contribution in [0.4, 0.5) is 0 Å². The molecular weight excluding hydrogens is 154 g/mol. The molecule has 0 spiro atoms. The van der Waals surface area contributed by atoms with Crippen LogP contribution in [0.15, 0.2) is 33.5 Å². The van der Waals surface area contributed by atoms with Gasteiger partial charge in [-0.1, -0.05) is 0 Å². The zero-order valence-electron chi connectivity index (χ0n) is 6.57. The van der Waals surface area contributed by atoms with E-state index < -0.39 is 0 Å². The van der Waals surface area contributed by atoms with Gasteiger partial charge in [-0.25, -0.2) is 9.78 Å². The van der Waals surface area contributed by atoms with Crippen molar-refractivity contribution in [1.82, 2.24) is 4.98 Å². The lowest BCUT2D eigenvalue weighted by atomic mass is 10.3. The SMILES string of the molecule is Cc1ccc2oc(=O)ccc2n1. The molecule has 12 heavy (non-hydrogen) atoms. The first kappa shape index (κ1) is 7.03. The van der Waals surface area contributed by atoms with E-state index in [0.29, 0.717) is 5.58 Å². The summed E-state index contributed by atoms with van der Waals surface area (Å²) in [6.07, 6.45) is 0. The summed E-state index contributed by atoms with van der Waals surface area (Å²) in [5.74, 6) is 0. The Morgan fingerprint density at radius 2 is 2.08 bits per heavy atom. The average molecular weight is 161 g/mol.